The van der Waals surface area contributed by atoms with E-state index in [0.717, 1.165) is 35.7 Å². The highest BCUT2D eigenvalue weighted by molar-refractivity contribution is 5.85. The van der Waals surface area contributed by atoms with Gasteiger partial charge in [0.2, 0.25) is 5.88 Å². The fraction of sp³-hybridized carbons (Fsp3) is 0.318. The molecule has 4 rings (SSSR count). The van der Waals surface area contributed by atoms with Gasteiger partial charge in [-0.15, -0.1) is 12.4 Å². The summed E-state index contributed by atoms with van der Waals surface area (Å²) in [6.45, 7) is 1.92. The fourth-order valence-corrected chi connectivity index (χ4v) is 3.40. The van der Waals surface area contributed by atoms with Crippen molar-refractivity contribution >= 4 is 12.4 Å². The third-order valence-electron chi connectivity index (χ3n) is 4.76. The summed E-state index contributed by atoms with van der Waals surface area (Å²) in [7, 11) is 1.92. The maximum atomic E-state index is 6.19. The zero-order valence-electron chi connectivity index (χ0n) is 16.0. The molecule has 0 saturated heterocycles. The van der Waals surface area contributed by atoms with E-state index >= 15 is 0 Å². The SMILES string of the molecule is CNCc1cc(OCc2ccccc2)n(CC2CCc3ccccc3O2)n1.Cl. The Balaban J connectivity index is 0.00000225. The van der Waals surface area contributed by atoms with Crippen LogP contribution in [0.25, 0.3) is 0 Å². The van der Waals surface area contributed by atoms with Crippen molar-refractivity contribution in [1.82, 2.24) is 15.1 Å². The quantitative estimate of drug-likeness (QED) is 0.652. The summed E-state index contributed by atoms with van der Waals surface area (Å²) in [5.41, 5.74) is 3.39. The minimum atomic E-state index is 0. The number of aromatic nitrogens is 2. The number of hydrogen-bond acceptors (Lipinski definition) is 4. The number of benzene rings is 2. The van der Waals surface area contributed by atoms with Gasteiger partial charge in [-0.2, -0.15) is 5.10 Å². The average molecular weight is 400 g/mol. The molecule has 0 bridgehead atoms. The standard InChI is InChI=1S/C22H25N3O2.ClH/c1-23-14-19-13-22(26-16-17-7-3-2-4-8-17)25(24-19)15-20-12-11-18-9-5-6-10-21(18)27-20;/h2-10,13,20,23H,11-12,14-16H2,1H3;1H. The molecule has 0 amide bonds. The van der Waals surface area contributed by atoms with Crippen LogP contribution in [0.3, 0.4) is 0 Å². The van der Waals surface area contributed by atoms with Crippen molar-refractivity contribution in [2.24, 2.45) is 0 Å². The van der Waals surface area contributed by atoms with Crippen LogP contribution < -0.4 is 14.8 Å². The van der Waals surface area contributed by atoms with E-state index in [2.05, 4.69) is 29.6 Å². The van der Waals surface area contributed by atoms with Crippen molar-refractivity contribution < 1.29 is 9.47 Å². The number of halogens is 1. The van der Waals surface area contributed by atoms with Crippen molar-refractivity contribution in [2.45, 2.75) is 38.6 Å². The number of rotatable bonds is 7. The Morgan fingerprint density at radius 1 is 1.14 bits per heavy atom. The Kier molecular flexibility index (Phi) is 6.95. The van der Waals surface area contributed by atoms with Crippen molar-refractivity contribution in [2.75, 3.05) is 7.05 Å². The molecule has 0 saturated carbocycles. The van der Waals surface area contributed by atoms with Gasteiger partial charge in [0.15, 0.2) is 0 Å². The summed E-state index contributed by atoms with van der Waals surface area (Å²) in [5, 5.41) is 7.86. The Labute approximate surface area is 172 Å². The molecule has 1 aromatic heterocycles. The van der Waals surface area contributed by atoms with Crippen molar-refractivity contribution in [3.8, 4) is 11.6 Å². The molecule has 148 valence electrons. The fourth-order valence-electron chi connectivity index (χ4n) is 3.40. The molecular formula is C22H26ClN3O2. The molecule has 1 N–H and O–H groups in total. The molecule has 0 spiro atoms. The van der Waals surface area contributed by atoms with E-state index in [1.807, 2.05) is 48.1 Å². The predicted octanol–water partition coefficient (Wildman–Crippen LogP) is 4.00. The molecule has 3 aromatic rings. The van der Waals surface area contributed by atoms with E-state index in [1.54, 1.807) is 0 Å². The largest absolute Gasteiger partial charge is 0.488 e. The molecule has 2 aromatic carbocycles. The van der Waals surface area contributed by atoms with Crippen LogP contribution in [0.15, 0.2) is 60.7 Å². The van der Waals surface area contributed by atoms with Crippen LogP contribution >= 0.6 is 12.4 Å². The topological polar surface area (TPSA) is 48.3 Å². The van der Waals surface area contributed by atoms with Gasteiger partial charge >= 0.3 is 0 Å². The Bertz CT molecular complexity index is 882. The number of aryl methyl sites for hydroxylation is 1. The number of para-hydroxylation sites is 1. The van der Waals surface area contributed by atoms with Crippen LogP contribution in [-0.2, 0) is 26.1 Å². The third-order valence-corrected chi connectivity index (χ3v) is 4.76. The summed E-state index contributed by atoms with van der Waals surface area (Å²) < 4.78 is 14.2. The van der Waals surface area contributed by atoms with Crippen LogP contribution in [0.1, 0.15) is 23.2 Å². The highest BCUT2D eigenvalue weighted by atomic mass is 35.5. The minimum Gasteiger partial charge on any atom is -0.488 e. The molecule has 6 heteroatoms. The second-order valence-corrected chi connectivity index (χ2v) is 6.85. The molecular weight excluding hydrogens is 374 g/mol. The van der Waals surface area contributed by atoms with Crippen molar-refractivity contribution in [3.63, 3.8) is 0 Å². The highest BCUT2D eigenvalue weighted by Crippen LogP contribution is 2.28. The van der Waals surface area contributed by atoms with Gasteiger partial charge in [0.1, 0.15) is 18.5 Å². The van der Waals surface area contributed by atoms with Crippen LogP contribution in [0, 0.1) is 0 Å². The van der Waals surface area contributed by atoms with E-state index < -0.39 is 0 Å². The minimum absolute atomic E-state index is 0. The summed E-state index contributed by atoms with van der Waals surface area (Å²) >= 11 is 0. The Morgan fingerprint density at radius 3 is 2.75 bits per heavy atom. The van der Waals surface area contributed by atoms with Gasteiger partial charge in [-0.25, -0.2) is 4.68 Å². The summed E-state index contributed by atoms with van der Waals surface area (Å²) in [5.74, 6) is 1.77. The second kappa shape index (κ2) is 9.62. The lowest BCUT2D eigenvalue weighted by Gasteiger charge is -2.26. The smallest absolute Gasteiger partial charge is 0.212 e. The molecule has 2 heterocycles. The molecule has 1 aliphatic heterocycles. The lowest BCUT2D eigenvalue weighted by molar-refractivity contribution is 0.141. The number of hydrogen-bond donors (Lipinski definition) is 1. The first-order chi connectivity index (χ1) is 13.3. The predicted molar refractivity (Wildman–Crippen MR) is 112 cm³/mol. The normalized spacial score (nSPS) is 15.2. The number of fused-ring (bicyclic) bond motifs is 1. The molecule has 1 unspecified atom stereocenters. The third kappa shape index (κ3) is 4.86. The summed E-state index contributed by atoms with van der Waals surface area (Å²) in [6.07, 6.45) is 2.11. The van der Waals surface area contributed by atoms with Crippen LogP contribution in [0.5, 0.6) is 11.6 Å². The maximum absolute atomic E-state index is 6.19. The van der Waals surface area contributed by atoms with E-state index in [4.69, 9.17) is 14.6 Å². The van der Waals surface area contributed by atoms with Gasteiger partial charge in [0.25, 0.3) is 0 Å². The summed E-state index contributed by atoms with van der Waals surface area (Å²) in [6, 6.07) is 20.5. The number of ether oxygens (including phenoxy) is 2. The van der Waals surface area contributed by atoms with Gasteiger partial charge < -0.3 is 14.8 Å². The van der Waals surface area contributed by atoms with E-state index in [1.165, 1.54) is 5.56 Å². The zero-order chi connectivity index (χ0) is 18.5. The molecule has 28 heavy (non-hydrogen) atoms. The van der Waals surface area contributed by atoms with E-state index in [-0.39, 0.29) is 18.5 Å². The molecule has 5 nitrogen and oxygen atoms in total. The lowest BCUT2D eigenvalue weighted by atomic mass is 10.0. The first-order valence-corrected chi connectivity index (χ1v) is 9.44. The first kappa shape index (κ1) is 20.2. The highest BCUT2D eigenvalue weighted by Gasteiger charge is 2.22. The van der Waals surface area contributed by atoms with Gasteiger partial charge in [0.05, 0.1) is 12.2 Å². The van der Waals surface area contributed by atoms with Gasteiger partial charge in [-0.1, -0.05) is 48.5 Å². The molecule has 1 aliphatic rings. The first-order valence-electron chi connectivity index (χ1n) is 9.44. The Morgan fingerprint density at radius 2 is 1.93 bits per heavy atom. The number of nitrogens with one attached hydrogen (secondary N) is 1. The zero-order valence-corrected chi connectivity index (χ0v) is 16.8. The van der Waals surface area contributed by atoms with Crippen LogP contribution in [0.2, 0.25) is 0 Å². The van der Waals surface area contributed by atoms with E-state index in [0.29, 0.717) is 19.7 Å². The van der Waals surface area contributed by atoms with Gasteiger partial charge in [-0.05, 0) is 37.1 Å². The lowest BCUT2D eigenvalue weighted by Crippen LogP contribution is -2.28. The van der Waals surface area contributed by atoms with Crippen LogP contribution in [0.4, 0.5) is 0 Å². The number of nitrogens with zero attached hydrogens (tertiary/aromatic N) is 2. The van der Waals surface area contributed by atoms with Crippen molar-refractivity contribution in [1.29, 1.82) is 0 Å². The van der Waals surface area contributed by atoms with E-state index in [9.17, 15) is 0 Å². The van der Waals surface area contributed by atoms with Gasteiger partial charge in [-0.3, -0.25) is 0 Å². The molecule has 1 atom stereocenters. The second-order valence-electron chi connectivity index (χ2n) is 6.85. The van der Waals surface area contributed by atoms with Crippen LogP contribution in [-0.4, -0.2) is 22.9 Å². The summed E-state index contributed by atoms with van der Waals surface area (Å²) in [4.78, 5) is 0. The molecule has 0 radical (unpaired) electrons. The van der Waals surface area contributed by atoms with Crippen molar-refractivity contribution in [3.05, 3.63) is 77.5 Å². The molecule has 0 aliphatic carbocycles. The maximum Gasteiger partial charge on any atom is 0.212 e. The Hall–Kier alpha value is -2.50. The average Bonchev–Trinajstić information content (AvgIpc) is 3.08. The molecule has 0 fully saturated rings. The van der Waals surface area contributed by atoms with Gasteiger partial charge in [0, 0.05) is 12.6 Å². The monoisotopic (exact) mass is 399 g/mol.